The van der Waals surface area contributed by atoms with Gasteiger partial charge in [-0.1, -0.05) is 19.6 Å². The molecule has 0 fully saturated rings. The van der Waals surface area contributed by atoms with Crippen molar-refractivity contribution in [3.8, 4) is 0 Å². The molecule has 0 amide bonds. The average molecular weight is 285 g/mol. The van der Waals surface area contributed by atoms with Crippen molar-refractivity contribution in [2.45, 2.75) is 46.3 Å². The van der Waals surface area contributed by atoms with Crippen LogP contribution in [0.2, 0.25) is 25.7 Å². The van der Waals surface area contributed by atoms with Gasteiger partial charge in [0.2, 0.25) is 0 Å². The van der Waals surface area contributed by atoms with Crippen LogP contribution in [0, 0.1) is 6.92 Å². The Morgan fingerprint density at radius 1 is 1.42 bits per heavy atom. The van der Waals surface area contributed by atoms with Crippen molar-refractivity contribution in [1.29, 1.82) is 0 Å². The third-order valence-corrected chi connectivity index (χ3v) is 4.50. The van der Waals surface area contributed by atoms with Gasteiger partial charge in [0, 0.05) is 21.6 Å². The minimum Gasteiger partial charge on any atom is -0.457 e. The van der Waals surface area contributed by atoms with E-state index in [0.29, 0.717) is 19.2 Å². The number of aromatic amines is 1. The molecule has 0 aliphatic carbocycles. The highest BCUT2D eigenvalue weighted by Crippen LogP contribution is 2.07. The van der Waals surface area contributed by atoms with Gasteiger partial charge in [-0.25, -0.2) is 9.78 Å². The molecule has 0 saturated carbocycles. The maximum atomic E-state index is 11.7. The second-order valence-electron chi connectivity index (χ2n) is 5.78. The van der Waals surface area contributed by atoms with Crippen molar-refractivity contribution in [2.24, 2.45) is 0 Å². The summed E-state index contributed by atoms with van der Waals surface area (Å²) in [7, 11) is -1.07. The van der Waals surface area contributed by atoms with E-state index in [0.717, 1.165) is 18.3 Å². The summed E-state index contributed by atoms with van der Waals surface area (Å²) < 4.78 is 12.5. The summed E-state index contributed by atoms with van der Waals surface area (Å²) in [5.41, 5.74) is 0.955. The molecular weight excluding hydrogens is 260 g/mol. The first-order valence-corrected chi connectivity index (χ1v) is 10.4. The highest BCUT2D eigenvalue weighted by atomic mass is 28.3. The van der Waals surface area contributed by atoms with E-state index in [4.69, 9.17) is 9.47 Å². The van der Waals surface area contributed by atoms with Crippen LogP contribution in [-0.4, -0.2) is 32.2 Å². The van der Waals surface area contributed by atoms with Crippen molar-refractivity contribution in [3.63, 3.8) is 0 Å². The molecule has 0 atom stereocenters. The number of aryl methyl sites for hydroxylation is 1. The molecule has 0 unspecified atom stereocenters. The highest BCUT2D eigenvalue weighted by molar-refractivity contribution is 6.76. The molecule has 108 valence electrons. The number of carbonyl (C=O) groups is 1. The number of H-pyrrole nitrogens is 1. The minimum absolute atomic E-state index is 0.343. The Balaban J connectivity index is 2.58. The fourth-order valence-electron chi connectivity index (χ4n) is 1.57. The Morgan fingerprint density at radius 3 is 2.68 bits per heavy atom. The third-order valence-electron chi connectivity index (χ3n) is 2.80. The van der Waals surface area contributed by atoms with E-state index in [-0.39, 0.29) is 5.97 Å². The highest BCUT2D eigenvalue weighted by Gasteiger charge is 2.24. The number of hydrogen-bond acceptors (Lipinski definition) is 3. The molecule has 1 rings (SSSR count). The predicted molar refractivity (Wildman–Crippen MR) is 75.8 cm³/mol. The quantitative estimate of drug-likeness (QED) is 0.361. The number of imidazole rings is 1. The van der Waals surface area contributed by atoms with Crippen LogP contribution in [0.4, 0.5) is 0 Å². The summed E-state index contributed by atoms with van der Waals surface area (Å²) >= 11 is 0. The van der Waals surface area contributed by atoms with Gasteiger partial charge in [0.25, 0.3) is 0 Å². The van der Waals surface area contributed by atoms with Gasteiger partial charge in [0.15, 0.2) is 6.73 Å². The van der Waals surface area contributed by atoms with Crippen LogP contribution in [0.3, 0.4) is 0 Å². The number of aromatic nitrogens is 2. The topological polar surface area (TPSA) is 55.2 Å². The summed E-state index contributed by atoms with van der Waals surface area (Å²) in [4.78, 5) is 14.7. The molecule has 1 heterocycles. The molecule has 0 aliphatic rings. The van der Waals surface area contributed by atoms with E-state index >= 15 is 0 Å². The lowest BCUT2D eigenvalue weighted by Gasteiger charge is -2.14. The van der Waals surface area contributed by atoms with Gasteiger partial charge in [-0.2, -0.15) is 4.57 Å². The fourth-order valence-corrected chi connectivity index (χ4v) is 2.33. The van der Waals surface area contributed by atoms with E-state index in [1.807, 2.05) is 11.5 Å². The molecule has 1 N–H and O–H groups in total. The third kappa shape index (κ3) is 5.16. The van der Waals surface area contributed by atoms with Gasteiger partial charge in [-0.3, -0.25) is 0 Å². The molecule has 5 nitrogen and oxygen atoms in total. The predicted octanol–water partition coefficient (Wildman–Crippen LogP) is 2.10. The molecule has 19 heavy (non-hydrogen) atoms. The molecule has 0 aliphatic heterocycles. The van der Waals surface area contributed by atoms with Crippen LogP contribution in [-0.2, 0) is 16.2 Å². The molecule has 0 aromatic carbocycles. The zero-order valence-electron chi connectivity index (χ0n) is 12.6. The van der Waals surface area contributed by atoms with Crippen molar-refractivity contribution in [3.05, 3.63) is 17.7 Å². The Morgan fingerprint density at radius 2 is 2.11 bits per heavy atom. The lowest BCUT2D eigenvalue weighted by atomic mass is 10.5. The smallest absolute Gasteiger partial charge is 0.422 e. The number of carbonyl (C=O) groups excluding carboxylic acids is 1. The zero-order chi connectivity index (χ0) is 14.5. The van der Waals surface area contributed by atoms with E-state index in [9.17, 15) is 4.79 Å². The van der Waals surface area contributed by atoms with Crippen LogP contribution in [0.5, 0.6) is 0 Å². The van der Waals surface area contributed by atoms with E-state index in [2.05, 4.69) is 24.6 Å². The maximum absolute atomic E-state index is 11.7. The summed E-state index contributed by atoms with van der Waals surface area (Å²) in [5, 5.41) is 0. The first-order valence-electron chi connectivity index (χ1n) is 6.68. The zero-order valence-corrected chi connectivity index (χ0v) is 13.6. The Kier molecular flexibility index (Phi) is 5.75. The maximum Gasteiger partial charge on any atom is 0.422 e. The monoisotopic (exact) mass is 285 g/mol. The lowest BCUT2D eigenvalue weighted by Crippen LogP contribution is -2.43. The van der Waals surface area contributed by atoms with Gasteiger partial charge in [-0.05, 0) is 13.0 Å². The van der Waals surface area contributed by atoms with Gasteiger partial charge < -0.3 is 9.47 Å². The van der Waals surface area contributed by atoms with E-state index in [1.165, 1.54) is 0 Å². The molecule has 6 heteroatoms. The Bertz CT molecular complexity index is 424. The summed E-state index contributed by atoms with van der Waals surface area (Å²) in [6.45, 7) is 12.2. The van der Waals surface area contributed by atoms with Gasteiger partial charge in [0.05, 0.1) is 6.61 Å². The fraction of sp³-hybridized carbons (Fsp3) is 0.692. The first kappa shape index (κ1) is 15.9. The second kappa shape index (κ2) is 6.86. The summed E-state index contributed by atoms with van der Waals surface area (Å²) in [6.07, 6.45) is 1.79. The lowest BCUT2D eigenvalue weighted by molar-refractivity contribution is -0.738. The number of nitrogens with zero attached hydrogens (tertiary/aromatic N) is 1. The minimum atomic E-state index is -1.07. The van der Waals surface area contributed by atoms with Gasteiger partial charge in [0.1, 0.15) is 11.9 Å². The Hall–Kier alpha value is -1.14. The molecule has 0 saturated heterocycles. The summed E-state index contributed by atoms with van der Waals surface area (Å²) in [5.74, 6) is 0.0942. The Labute approximate surface area is 115 Å². The van der Waals surface area contributed by atoms with Gasteiger partial charge in [-0.15, -0.1) is 0 Å². The van der Waals surface area contributed by atoms with Gasteiger partial charge >= 0.3 is 11.8 Å². The second-order valence-corrected chi connectivity index (χ2v) is 11.4. The number of rotatable bonds is 7. The summed E-state index contributed by atoms with van der Waals surface area (Å²) in [6, 6.07) is 1.12. The SMILES string of the molecule is CCOC(=O)c1[nH]cc(C)[n+]1COCC[Si](C)(C)C. The standard InChI is InChI=1S/C13H24N2O3Si/c1-6-18-13(16)12-14-9-11(2)15(12)10-17-7-8-19(3,4)5/h9H,6-8,10H2,1-5H3/p+1. The number of ether oxygens (including phenoxy) is 2. The number of nitrogens with one attached hydrogen (secondary N) is 1. The largest absolute Gasteiger partial charge is 0.457 e. The van der Waals surface area contributed by atoms with Crippen molar-refractivity contribution >= 4 is 14.0 Å². The molecule has 0 radical (unpaired) electrons. The molecule has 0 spiro atoms. The van der Waals surface area contributed by atoms with Crippen molar-refractivity contribution < 1.29 is 18.8 Å². The van der Waals surface area contributed by atoms with E-state index in [1.54, 1.807) is 13.1 Å². The first-order chi connectivity index (χ1) is 8.85. The van der Waals surface area contributed by atoms with Crippen LogP contribution >= 0.6 is 0 Å². The van der Waals surface area contributed by atoms with Crippen LogP contribution in [0.1, 0.15) is 23.2 Å². The van der Waals surface area contributed by atoms with Crippen LogP contribution < -0.4 is 4.57 Å². The normalized spacial score (nSPS) is 11.6. The number of esters is 1. The van der Waals surface area contributed by atoms with E-state index < -0.39 is 8.07 Å². The average Bonchev–Trinajstić information content (AvgIpc) is 2.65. The van der Waals surface area contributed by atoms with Crippen molar-refractivity contribution in [2.75, 3.05) is 13.2 Å². The van der Waals surface area contributed by atoms with Crippen LogP contribution in [0.25, 0.3) is 0 Å². The number of hydrogen-bond donors (Lipinski definition) is 1. The molecular formula is C13H25N2O3Si+. The van der Waals surface area contributed by atoms with Crippen molar-refractivity contribution in [1.82, 2.24) is 4.98 Å². The molecule has 1 aromatic rings. The molecule has 1 aromatic heterocycles. The van der Waals surface area contributed by atoms with Crippen LogP contribution in [0.15, 0.2) is 6.20 Å². The molecule has 0 bridgehead atoms.